The lowest BCUT2D eigenvalue weighted by atomic mass is 10.0. The largest absolute Gasteiger partial charge is 0.495 e. The van der Waals surface area contributed by atoms with Crippen molar-refractivity contribution in [2.75, 3.05) is 23.5 Å². The van der Waals surface area contributed by atoms with E-state index in [1.807, 2.05) is 72.5 Å². The molecule has 0 radical (unpaired) electrons. The number of para-hydroxylation sites is 1. The molecular weight excluding hydrogens is 388 g/mol. The second-order valence-corrected chi connectivity index (χ2v) is 7.74. The molecule has 154 valence electrons. The van der Waals surface area contributed by atoms with Gasteiger partial charge < -0.3 is 9.64 Å². The van der Waals surface area contributed by atoms with Crippen molar-refractivity contribution in [3.63, 3.8) is 0 Å². The van der Waals surface area contributed by atoms with Gasteiger partial charge in [-0.3, -0.25) is 9.59 Å². The third-order valence-corrected chi connectivity index (χ3v) is 5.85. The number of aryl methyl sites for hydroxylation is 1. The smallest absolute Gasteiger partial charge is 0.282 e. The molecule has 0 saturated heterocycles. The fourth-order valence-corrected chi connectivity index (χ4v) is 4.40. The van der Waals surface area contributed by atoms with E-state index in [1.165, 1.54) is 10.5 Å². The lowest BCUT2D eigenvalue weighted by molar-refractivity contribution is -0.120. The molecule has 2 heterocycles. The number of benzene rings is 3. The van der Waals surface area contributed by atoms with Gasteiger partial charge in [-0.15, -0.1) is 0 Å². The topological polar surface area (TPSA) is 49.9 Å². The normalized spacial score (nSPS) is 15.7. The van der Waals surface area contributed by atoms with Crippen LogP contribution in [0, 0.1) is 6.92 Å². The molecule has 2 aliphatic rings. The Morgan fingerprint density at radius 3 is 2.35 bits per heavy atom. The summed E-state index contributed by atoms with van der Waals surface area (Å²) in [4.78, 5) is 30.8. The molecule has 5 nitrogen and oxygen atoms in total. The zero-order valence-electron chi connectivity index (χ0n) is 17.5. The summed E-state index contributed by atoms with van der Waals surface area (Å²) < 4.78 is 5.49. The van der Waals surface area contributed by atoms with Gasteiger partial charge in [-0.25, -0.2) is 4.90 Å². The molecule has 5 heteroatoms. The highest BCUT2D eigenvalue weighted by molar-refractivity contribution is 6.46. The fraction of sp³-hybridized carbons (Fsp3) is 0.154. The van der Waals surface area contributed by atoms with Gasteiger partial charge in [-0.05, 0) is 48.2 Å². The zero-order chi connectivity index (χ0) is 21.5. The molecule has 0 fully saturated rings. The Bertz CT molecular complexity index is 1230. The Morgan fingerprint density at radius 1 is 0.839 bits per heavy atom. The van der Waals surface area contributed by atoms with Gasteiger partial charge in [0, 0.05) is 12.2 Å². The summed E-state index contributed by atoms with van der Waals surface area (Å²) in [6.07, 6.45) is 0.830. The number of hydrogen-bond donors (Lipinski definition) is 0. The SMILES string of the molecule is COc1ccc(C)cc1N1C(=O)C(c2ccccc2)=C(N2CCc3ccccc32)C1=O. The van der Waals surface area contributed by atoms with E-state index in [2.05, 4.69) is 6.07 Å². The van der Waals surface area contributed by atoms with Crippen molar-refractivity contribution in [2.24, 2.45) is 0 Å². The molecular formula is C26H22N2O3. The summed E-state index contributed by atoms with van der Waals surface area (Å²) in [7, 11) is 1.54. The Morgan fingerprint density at radius 2 is 1.58 bits per heavy atom. The third kappa shape index (κ3) is 3.01. The maximum absolute atomic E-state index is 13.8. The molecule has 0 bridgehead atoms. The lowest BCUT2D eigenvalue weighted by Gasteiger charge is -2.22. The minimum atomic E-state index is -0.334. The van der Waals surface area contributed by atoms with E-state index in [0.29, 0.717) is 29.3 Å². The quantitative estimate of drug-likeness (QED) is 0.600. The number of anilines is 2. The minimum Gasteiger partial charge on any atom is -0.495 e. The van der Waals surface area contributed by atoms with Crippen LogP contribution in [0.1, 0.15) is 16.7 Å². The number of imide groups is 1. The van der Waals surface area contributed by atoms with E-state index in [9.17, 15) is 9.59 Å². The van der Waals surface area contributed by atoms with Crippen LogP contribution in [0.2, 0.25) is 0 Å². The summed E-state index contributed by atoms with van der Waals surface area (Å²) in [5.41, 5.74) is 5.13. The Labute approximate surface area is 181 Å². The number of carbonyl (C=O) groups is 2. The Balaban J connectivity index is 1.70. The molecule has 3 aromatic rings. The summed E-state index contributed by atoms with van der Waals surface area (Å²) in [5, 5.41) is 0. The molecule has 0 saturated carbocycles. The average Bonchev–Trinajstić information content (AvgIpc) is 3.32. The zero-order valence-corrected chi connectivity index (χ0v) is 17.5. The third-order valence-electron chi connectivity index (χ3n) is 5.85. The van der Waals surface area contributed by atoms with Gasteiger partial charge in [0.25, 0.3) is 11.8 Å². The van der Waals surface area contributed by atoms with Gasteiger partial charge in [0.1, 0.15) is 11.4 Å². The van der Waals surface area contributed by atoms with E-state index < -0.39 is 0 Å². The molecule has 0 spiro atoms. The standard InChI is InChI=1S/C26H22N2O3/c1-17-12-13-22(31-2)21(16-17)28-25(29)23(19-9-4-3-5-10-19)24(26(28)30)27-15-14-18-8-6-7-11-20(18)27/h3-13,16H,14-15H2,1-2H3. The number of ether oxygens (including phenoxy) is 1. The molecule has 0 unspecified atom stereocenters. The molecule has 3 aromatic carbocycles. The first-order valence-corrected chi connectivity index (χ1v) is 10.3. The van der Waals surface area contributed by atoms with Gasteiger partial charge >= 0.3 is 0 Å². The van der Waals surface area contributed by atoms with E-state index >= 15 is 0 Å². The first kappa shape index (κ1) is 19.1. The van der Waals surface area contributed by atoms with Gasteiger partial charge in [-0.1, -0.05) is 54.6 Å². The minimum absolute atomic E-state index is 0.329. The molecule has 0 atom stereocenters. The van der Waals surface area contributed by atoms with Crippen LogP contribution in [-0.4, -0.2) is 25.5 Å². The highest BCUT2D eigenvalue weighted by atomic mass is 16.5. The van der Waals surface area contributed by atoms with Crippen molar-refractivity contribution >= 4 is 28.8 Å². The fourth-order valence-electron chi connectivity index (χ4n) is 4.40. The van der Waals surface area contributed by atoms with Crippen molar-refractivity contribution in [2.45, 2.75) is 13.3 Å². The highest BCUT2D eigenvalue weighted by Gasteiger charge is 2.44. The van der Waals surface area contributed by atoms with Crippen LogP contribution in [0.15, 0.2) is 78.5 Å². The van der Waals surface area contributed by atoms with Gasteiger partial charge in [0.05, 0.1) is 18.4 Å². The molecule has 2 aliphatic heterocycles. The number of hydrogen-bond acceptors (Lipinski definition) is 4. The second kappa shape index (κ2) is 7.43. The molecule has 0 N–H and O–H groups in total. The first-order valence-electron chi connectivity index (χ1n) is 10.3. The van der Waals surface area contributed by atoms with Gasteiger partial charge in [0.15, 0.2) is 0 Å². The van der Waals surface area contributed by atoms with E-state index in [1.54, 1.807) is 13.2 Å². The molecule has 0 aromatic heterocycles. The summed E-state index contributed by atoms with van der Waals surface area (Å²) >= 11 is 0. The van der Waals surface area contributed by atoms with Crippen LogP contribution in [0.25, 0.3) is 5.57 Å². The highest BCUT2D eigenvalue weighted by Crippen LogP contribution is 2.42. The van der Waals surface area contributed by atoms with Crippen LogP contribution in [-0.2, 0) is 16.0 Å². The maximum Gasteiger partial charge on any atom is 0.282 e. The predicted molar refractivity (Wildman–Crippen MR) is 121 cm³/mol. The Kier molecular flexibility index (Phi) is 4.59. The molecule has 5 rings (SSSR count). The molecule has 0 aliphatic carbocycles. The van der Waals surface area contributed by atoms with Gasteiger partial charge in [-0.2, -0.15) is 0 Å². The van der Waals surface area contributed by atoms with Crippen molar-refractivity contribution in [3.8, 4) is 5.75 Å². The molecule has 31 heavy (non-hydrogen) atoms. The van der Waals surface area contributed by atoms with E-state index in [-0.39, 0.29) is 11.8 Å². The van der Waals surface area contributed by atoms with Crippen molar-refractivity contribution in [3.05, 3.63) is 95.2 Å². The Hall–Kier alpha value is -3.86. The monoisotopic (exact) mass is 410 g/mol. The van der Waals surface area contributed by atoms with E-state index in [4.69, 9.17) is 4.74 Å². The number of nitrogens with zero attached hydrogens (tertiary/aromatic N) is 2. The van der Waals surface area contributed by atoms with Crippen LogP contribution < -0.4 is 14.5 Å². The average molecular weight is 410 g/mol. The van der Waals surface area contributed by atoms with Crippen LogP contribution in [0.4, 0.5) is 11.4 Å². The number of methoxy groups -OCH3 is 1. The number of carbonyl (C=O) groups excluding carboxylic acids is 2. The summed E-state index contributed by atoms with van der Waals surface area (Å²) in [5.74, 6) is -0.174. The van der Waals surface area contributed by atoms with E-state index in [0.717, 1.165) is 23.2 Å². The van der Waals surface area contributed by atoms with Crippen LogP contribution in [0.3, 0.4) is 0 Å². The number of rotatable bonds is 4. The molecule has 2 amide bonds. The lowest BCUT2D eigenvalue weighted by Crippen LogP contribution is -2.35. The summed E-state index contributed by atoms with van der Waals surface area (Å²) in [6.45, 7) is 2.58. The number of fused-ring (bicyclic) bond motifs is 1. The van der Waals surface area contributed by atoms with Crippen molar-refractivity contribution in [1.29, 1.82) is 0 Å². The number of amides is 2. The van der Waals surface area contributed by atoms with Crippen LogP contribution in [0.5, 0.6) is 5.75 Å². The van der Waals surface area contributed by atoms with Crippen LogP contribution >= 0.6 is 0 Å². The van der Waals surface area contributed by atoms with Crippen molar-refractivity contribution < 1.29 is 14.3 Å². The second-order valence-electron chi connectivity index (χ2n) is 7.74. The van der Waals surface area contributed by atoms with Gasteiger partial charge in [0.2, 0.25) is 0 Å². The maximum atomic E-state index is 13.8. The van der Waals surface area contributed by atoms with Crippen molar-refractivity contribution in [1.82, 2.24) is 0 Å². The first-order chi connectivity index (χ1) is 15.1. The summed E-state index contributed by atoms with van der Waals surface area (Å²) in [6, 6.07) is 23.0. The predicted octanol–water partition coefficient (Wildman–Crippen LogP) is 4.35.